The Hall–Kier alpha value is -7.68. The summed E-state index contributed by atoms with van der Waals surface area (Å²) in [7, 11) is 0. The summed E-state index contributed by atoms with van der Waals surface area (Å²) in [6.45, 7) is 0. The number of hydrogen-bond acceptors (Lipinski definition) is 1. The van der Waals surface area contributed by atoms with E-state index in [-0.39, 0.29) is 29.7 Å². The fourth-order valence-corrected chi connectivity index (χ4v) is 8.59. The molecular weight excluding hydrogens is 701 g/mol. The lowest BCUT2D eigenvalue weighted by Crippen LogP contribution is -2.09. The fourth-order valence-electron chi connectivity index (χ4n) is 8.59. The van der Waals surface area contributed by atoms with Gasteiger partial charge in [0, 0.05) is 33.4 Å². The van der Waals surface area contributed by atoms with Crippen molar-refractivity contribution < 1.29 is 6.85 Å². The predicted molar refractivity (Wildman–Crippen MR) is 247 cm³/mol. The summed E-state index contributed by atoms with van der Waals surface area (Å²) in [6.07, 6.45) is 0. The summed E-state index contributed by atoms with van der Waals surface area (Å²) >= 11 is 0. The first-order valence-electron chi connectivity index (χ1n) is 22.0. The van der Waals surface area contributed by atoms with E-state index in [4.69, 9.17) is 6.85 Å². The first-order chi connectivity index (χ1) is 30.9. The fraction of sp³-hybridized carbons (Fsp3) is 0. The number of anilines is 3. The zero-order valence-corrected chi connectivity index (χ0v) is 31.4. The van der Waals surface area contributed by atoms with E-state index in [2.05, 4.69) is 185 Å². The molecule has 2 heteroatoms. The molecule has 1 aromatic heterocycles. The third kappa shape index (κ3) is 5.74. The molecule has 11 rings (SSSR count). The maximum atomic E-state index is 8.61. The minimum atomic E-state index is -0.405. The van der Waals surface area contributed by atoms with Crippen molar-refractivity contribution in [1.82, 2.24) is 4.57 Å². The quantitative estimate of drug-likeness (QED) is 0.148. The second-order valence-corrected chi connectivity index (χ2v) is 14.6. The van der Waals surface area contributed by atoms with Crippen LogP contribution in [0, 0.1) is 0 Å². The van der Waals surface area contributed by atoms with Crippen LogP contribution >= 0.6 is 0 Å². The van der Waals surface area contributed by atoms with Gasteiger partial charge in [0.05, 0.1) is 23.6 Å². The Morgan fingerprint density at radius 3 is 1.43 bits per heavy atom. The molecule has 58 heavy (non-hydrogen) atoms. The van der Waals surface area contributed by atoms with E-state index >= 15 is 0 Å². The van der Waals surface area contributed by atoms with Gasteiger partial charge in [-0.3, -0.25) is 0 Å². The molecule has 0 spiro atoms. The van der Waals surface area contributed by atoms with Gasteiger partial charge in [-0.05, 0) is 110 Å². The Kier molecular flexibility index (Phi) is 6.98. The molecule has 0 saturated carbocycles. The van der Waals surface area contributed by atoms with Crippen molar-refractivity contribution in [2.24, 2.45) is 0 Å². The van der Waals surface area contributed by atoms with Gasteiger partial charge in [0.1, 0.15) is 0 Å². The Morgan fingerprint density at radius 2 is 0.810 bits per heavy atom. The van der Waals surface area contributed by atoms with E-state index in [9.17, 15) is 0 Å². The smallest absolute Gasteiger partial charge is 0.0629 e. The number of nitrogens with zero attached hydrogens (tertiary/aromatic N) is 2. The highest BCUT2D eigenvalue weighted by atomic mass is 15.1. The molecule has 0 bridgehead atoms. The number of rotatable bonds is 7. The Morgan fingerprint density at radius 1 is 0.345 bits per heavy atom. The summed E-state index contributed by atoms with van der Waals surface area (Å²) in [5.41, 5.74) is 11.3. The van der Waals surface area contributed by atoms with E-state index in [1.807, 2.05) is 24.3 Å². The summed E-state index contributed by atoms with van der Waals surface area (Å²) in [6, 6.07) is 68.3. The van der Waals surface area contributed by atoms with Crippen molar-refractivity contribution >= 4 is 60.4 Å². The maximum Gasteiger partial charge on any atom is 0.0629 e. The average molecular weight is 744 g/mol. The van der Waals surface area contributed by atoms with Crippen LogP contribution in [0.15, 0.2) is 230 Å². The van der Waals surface area contributed by atoms with Crippen LogP contribution in [-0.2, 0) is 0 Å². The zero-order chi connectivity index (χ0) is 42.8. The highest BCUT2D eigenvalue weighted by Crippen LogP contribution is 2.41. The second-order valence-electron chi connectivity index (χ2n) is 14.6. The minimum absolute atomic E-state index is 0.178. The van der Waals surface area contributed by atoms with Crippen LogP contribution in [-0.4, -0.2) is 4.57 Å². The molecule has 2 nitrogen and oxygen atoms in total. The molecule has 0 radical (unpaired) electrons. The second kappa shape index (κ2) is 14.1. The van der Waals surface area contributed by atoms with Crippen LogP contribution < -0.4 is 4.90 Å². The standard InChI is InChI=1S/C56H38N2/c1-2-14-39(15-3-1)40-26-32-44(33-27-40)57(46-36-30-42(31-37-46)53-38-43-16-4-5-17-47(43)49-19-6-7-20-50(49)53)45-34-28-41(29-35-45)48-18-8-11-23-54(48)58-55-24-12-9-21-51(55)52-22-10-13-25-56(52)58/h1-38H/i1D,2D,3D,14D,15D. The molecule has 0 amide bonds. The maximum absolute atomic E-state index is 8.61. The van der Waals surface area contributed by atoms with Crippen LogP contribution in [0.1, 0.15) is 6.85 Å². The lowest BCUT2D eigenvalue weighted by molar-refractivity contribution is 1.18. The Labute approximate surface area is 345 Å². The molecule has 10 aromatic carbocycles. The van der Waals surface area contributed by atoms with Gasteiger partial charge in [-0.2, -0.15) is 0 Å². The molecule has 0 aliphatic carbocycles. The molecule has 11 aromatic rings. The Balaban J connectivity index is 1.03. The van der Waals surface area contributed by atoms with Crippen LogP contribution in [0.2, 0.25) is 0 Å². The summed E-state index contributed by atoms with van der Waals surface area (Å²) < 4.78 is 44.2. The highest BCUT2D eigenvalue weighted by molar-refractivity contribution is 6.14. The number of fused-ring (bicyclic) bond motifs is 6. The Bertz CT molecular complexity index is 3480. The third-order valence-electron chi connectivity index (χ3n) is 11.3. The van der Waals surface area contributed by atoms with Crippen LogP contribution in [0.25, 0.3) is 82.4 Å². The largest absolute Gasteiger partial charge is 0.311 e. The van der Waals surface area contributed by atoms with Gasteiger partial charge in [-0.15, -0.1) is 0 Å². The average Bonchev–Trinajstić information content (AvgIpc) is 3.68. The van der Waals surface area contributed by atoms with E-state index in [0.29, 0.717) is 5.56 Å². The molecule has 1 heterocycles. The normalized spacial score (nSPS) is 12.7. The van der Waals surface area contributed by atoms with Gasteiger partial charge in [0.15, 0.2) is 0 Å². The van der Waals surface area contributed by atoms with Gasteiger partial charge in [-0.1, -0.05) is 170 Å². The van der Waals surface area contributed by atoms with E-state index in [1.165, 1.54) is 32.3 Å². The van der Waals surface area contributed by atoms with Crippen molar-refractivity contribution in [2.45, 2.75) is 0 Å². The summed E-state index contributed by atoms with van der Waals surface area (Å²) in [5.74, 6) is 0. The van der Waals surface area contributed by atoms with Gasteiger partial charge < -0.3 is 9.47 Å². The molecule has 0 N–H and O–H groups in total. The lowest BCUT2D eigenvalue weighted by atomic mass is 9.93. The van der Waals surface area contributed by atoms with Gasteiger partial charge in [0.2, 0.25) is 0 Å². The van der Waals surface area contributed by atoms with Crippen molar-refractivity contribution in [2.75, 3.05) is 4.90 Å². The minimum Gasteiger partial charge on any atom is -0.311 e. The highest BCUT2D eigenvalue weighted by Gasteiger charge is 2.18. The van der Waals surface area contributed by atoms with E-state index in [0.717, 1.165) is 56.0 Å². The summed E-state index contributed by atoms with van der Waals surface area (Å²) in [4.78, 5) is 2.19. The van der Waals surface area contributed by atoms with E-state index in [1.54, 1.807) is 0 Å². The molecule has 0 atom stereocenters. The van der Waals surface area contributed by atoms with E-state index < -0.39 is 6.04 Å². The SMILES string of the molecule is [2H]c1c([2H])c([2H])c(-c2ccc(N(c3ccc(-c4ccccc4-n4c5ccccc5c5ccccc54)cc3)c3ccc(-c4cc5ccccc5c5ccccc45)cc3)cc2)c([2H])c1[2H]. The first-order valence-corrected chi connectivity index (χ1v) is 19.5. The number of aromatic nitrogens is 1. The van der Waals surface area contributed by atoms with Crippen LogP contribution in [0.4, 0.5) is 17.1 Å². The van der Waals surface area contributed by atoms with Crippen molar-refractivity contribution in [3.8, 4) is 39.1 Å². The van der Waals surface area contributed by atoms with Gasteiger partial charge >= 0.3 is 0 Å². The van der Waals surface area contributed by atoms with Gasteiger partial charge in [0.25, 0.3) is 0 Å². The molecule has 0 aliphatic rings. The molecule has 272 valence electrons. The van der Waals surface area contributed by atoms with Crippen LogP contribution in [0.3, 0.4) is 0 Å². The van der Waals surface area contributed by atoms with Crippen molar-refractivity contribution in [1.29, 1.82) is 0 Å². The summed E-state index contributed by atoms with van der Waals surface area (Å²) in [5, 5.41) is 7.26. The zero-order valence-electron chi connectivity index (χ0n) is 36.4. The number of hydrogen-bond donors (Lipinski definition) is 0. The molecule has 0 aliphatic heterocycles. The molecule has 0 saturated heterocycles. The first kappa shape index (κ1) is 28.7. The molecular formula is C56H38N2. The van der Waals surface area contributed by atoms with Gasteiger partial charge in [-0.25, -0.2) is 0 Å². The monoisotopic (exact) mass is 743 g/mol. The van der Waals surface area contributed by atoms with Crippen LogP contribution in [0.5, 0.6) is 0 Å². The van der Waals surface area contributed by atoms with Crippen molar-refractivity contribution in [3.05, 3.63) is 230 Å². The predicted octanol–water partition coefficient (Wildman–Crippen LogP) is 15.6. The molecule has 0 unspecified atom stereocenters. The third-order valence-corrected chi connectivity index (χ3v) is 11.3. The lowest BCUT2D eigenvalue weighted by Gasteiger charge is -2.26. The molecule has 0 fully saturated rings. The number of para-hydroxylation sites is 3. The topological polar surface area (TPSA) is 8.17 Å². The number of benzene rings is 10. The van der Waals surface area contributed by atoms with Crippen molar-refractivity contribution in [3.63, 3.8) is 0 Å².